The number of ether oxygens (including phenoxy) is 3. The van der Waals surface area contributed by atoms with Gasteiger partial charge in [-0.15, -0.1) is 0 Å². The van der Waals surface area contributed by atoms with Crippen molar-refractivity contribution in [1.82, 2.24) is 10.3 Å². The first-order valence-electron chi connectivity index (χ1n) is 10.1. The van der Waals surface area contributed by atoms with Crippen LogP contribution in [0.25, 0.3) is 0 Å². The summed E-state index contributed by atoms with van der Waals surface area (Å²) in [4.78, 5) is 17.6. The average molecular weight is 441 g/mol. The molecule has 4 rings (SSSR count). The number of nitrogen functional groups attached to an aromatic ring is 1. The van der Waals surface area contributed by atoms with E-state index in [-0.39, 0.29) is 11.6 Å². The molecule has 0 aliphatic carbocycles. The van der Waals surface area contributed by atoms with Crippen molar-refractivity contribution in [3.8, 4) is 17.2 Å². The van der Waals surface area contributed by atoms with Crippen molar-refractivity contribution >= 4 is 33.8 Å². The molecule has 0 saturated carbocycles. The van der Waals surface area contributed by atoms with Gasteiger partial charge in [0.15, 0.2) is 16.6 Å². The van der Waals surface area contributed by atoms with Crippen molar-refractivity contribution < 1.29 is 19.0 Å². The zero-order chi connectivity index (χ0) is 21.6. The van der Waals surface area contributed by atoms with Gasteiger partial charge in [0.05, 0.1) is 0 Å². The molecule has 8 nitrogen and oxygen atoms in total. The van der Waals surface area contributed by atoms with Gasteiger partial charge in [-0.05, 0) is 49.0 Å². The Kier molecular flexibility index (Phi) is 6.54. The largest absolute Gasteiger partial charge is 0.492 e. The molecule has 1 aromatic heterocycles. The van der Waals surface area contributed by atoms with Crippen molar-refractivity contribution in [1.29, 1.82) is 0 Å². The number of nitrogens with one attached hydrogen (secondary N) is 2. The van der Waals surface area contributed by atoms with Crippen molar-refractivity contribution in [3.05, 3.63) is 52.9 Å². The maximum atomic E-state index is 13.0. The summed E-state index contributed by atoms with van der Waals surface area (Å²) in [5.41, 5.74) is 7.33. The molecule has 2 heterocycles. The Morgan fingerprint density at radius 1 is 1.16 bits per heavy atom. The second-order valence-electron chi connectivity index (χ2n) is 6.77. The fraction of sp³-hybridized carbons (Fsp3) is 0.273. The number of benzene rings is 2. The van der Waals surface area contributed by atoms with Crippen LogP contribution >= 0.6 is 11.3 Å². The Labute approximate surface area is 184 Å². The summed E-state index contributed by atoms with van der Waals surface area (Å²) >= 11 is 1.21. The summed E-state index contributed by atoms with van der Waals surface area (Å²) in [5, 5.41) is 6.94. The molecule has 0 amide bonds. The number of likely N-dealkylation sites (N-methyl/N-ethyl adjacent to an activating group) is 1. The molecule has 0 spiro atoms. The van der Waals surface area contributed by atoms with Crippen LogP contribution < -0.4 is 30.6 Å². The van der Waals surface area contributed by atoms with Crippen LogP contribution in [0.2, 0.25) is 0 Å². The van der Waals surface area contributed by atoms with Gasteiger partial charge in [0.25, 0.3) is 0 Å². The highest BCUT2D eigenvalue weighted by Crippen LogP contribution is 2.34. The molecule has 162 valence electrons. The van der Waals surface area contributed by atoms with Crippen molar-refractivity contribution in [2.45, 2.75) is 6.92 Å². The molecule has 9 heteroatoms. The van der Waals surface area contributed by atoms with E-state index in [9.17, 15) is 4.79 Å². The van der Waals surface area contributed by atoms with Gasteiger partial charge in [-0.3, -0.25) is 4.79 Å². The molecule has 3 aromatic rings. The maximum Gasteiger partial charge on any atom is 0.206 e. The van der Waals surface area contributed by atoms with E-state index in [0.717, 1.165) is 24.5 Å². The lowest BCUT2D eigenvalue weighted by molar-refractivity contribution is 0.104. The average Bonchev–Trinajstić information content (AvgIpc) is 3.16. The first kappa shape index (κ1) is 21.0. The molecular weight excluding hydrogens is 416 g/mol. The van der Waals surface area contributed by atoms with Gasteiger partial charge in [-0.2, -0.15) is 0 Å². The van der Waals surface area contributed by atoms with Crippen LogP contribution in [0, 0.1) is 0 Å². The molecule has 31 heavy (non-hydrogen) atoms. The van der Waals surface area contributed by atoms with Crippen LogP contribution in [0.15, 0.2) is 42.5 Å². The number of carbonyl (C=O) groups is 1. The minimum Gasteiger partial charge on any atom is -0.492 e. The Bertz CT molecular complexity index is 1050. The summed E-state index contributed by atoms with van der Waals surface area (Å²) in [7, 11) is 0. The standard InChI is InChI=1S/C22H24N4O4S/c1-2-24-9-10-28-16-6-4-15(5-7-16)25-22-26-21(23)20(31-22)19(27)14-3-8-17-18(13-14)30-12-11-29-17/h3-8,13,24H,2,9-12,23H2,1H3,(H,25,26). The minimum absolute atomic E-state index is 0.191. The van der Waals surface area contributed by atoms with Crippen LogP contribution in [-0.4, -0.2) is 43.7 Å². The Hall–Kier alpha value is -3.30. The molecule has 2 aromatic carbocycles. The number of hydrogen-bond acceptors (Lipinski definition) is 9. The third kappa shape index (κ3) is 5.07. The first-order valence-corrected chi connectivity index (χ1v) is 10.9. The van der Waals surface area contributed by atoms with Gasteiger partial charge in [-0.1, -0.05) is 18.3 Å². The van der Waals surface area contributed by atoms with Crippen LogP contribution in [0.3, 0.4) is 0 Å². The summed E-state index contributed by atoms with van der Waals surface area (Å²) in [6.07, 6.45) is 0. The van der Waals surface area contributed by atoms with Gasteiger partial charge < -0.3 is 30.6 Å². The number of nitrogens with two attached hydrogens (primary N) is 1. The third-order valence-corrected chi connectivity index (χ3v) is 5.55. The first-order chi connectivity index (χ1) is 15.1. The lowest BCUT2D eigenvalue weighted by atomic mass is 10.1. The van der Waals surface area contributed by atoms with E-state index in [1.54, 1.807) is 18.2 Å². The zero-order valence-electron chi connectivity index (χ0n) is 17.1. The van der Waals surface area contributed by atoms with Gasteiger partial charge in [0.1, 0.15) is 36.3 Å². The minimum atomic E-state index is -0.204. The highest BCUT2D eigenvalue weighted by molar-refractivity contribution is 7.18. The van der Waals surface area contributed by atoms with Crippen LogP contribution in [0.4, 0.5) is 16.6 Å². The van der Waals surface area contributed by atoms with E-state index < -0.39 is 0 Å². The van der Waals surface area contributed by atoms with E-state index in [0.29, 0.717) is 46.9 Å². The van der Waals surface area contributed by atoms with Crippen molar-refractivity contribution in [2.75, 3.05) is 44.0 Å². The number of carbonyl (C=O) groups excluding carboxylic acids is 1. The highest BCUT2D eigenvalue weighted by atomic mass is 32.1. The van der Waals surface area contributed by atoms with E-state index in [1.165, 1.54) is 11.3 Å². The number of nitrogens with zero attached hydrogens (tertiary/aromatic N) is 1. The second-order valence-corrected chi connectivity index (χ2v) is 7.77. The number of rotatable bonds is 9. The molecule has 1 aliphatic rings. The number of anilines is 3. The maximum absolute atomic E-state index is 13.0. The molecule has 0 saturated heterocycles. The zero-order valence-corrected chi connectivity index (χ0v) is 18.0. The van der Waals surface area contributed by atoms with E-state index in [2.05, 4.69) is 22.5 Å². The Morgan fingerprint density at radius 2 is 1.94 bits per heavy atom. The lowest BCUT2D eigenvalue weighted by Crippen LogP contribution is -2.20. The molecular formula is C22H24N4O4S. The van der Waals surface area contributed by atoms with Crippen LogP contribution in [0.1, 0.15) is 22.2 Å². The predicted molar refractivity (Wildman–Crippen MR) is 121 cm³/mol. The fourth-order valence-electron chi connectivity index (χ4n) is 3.04. The topological polar surface area (TPSA) is 108 Å². The molecule has 0 fully saturated rings. The van der Waals surface area contributed by atoms with E-state index >= 15 is 0 Å². The SMILES string of the molecule is CCNCCOc1ccc(Nc2nc(N)c(C(=O)c3ccc4c(c3)OCCO4)s2)cc1. The molecule has 4 N–H and O–H groups in total. The van der Waals surface area contributed by atoms with Gasteiger partial charge in [0.2, 0.25) is 5.78 Å². The molecule has 0 unspecified atom stereocenters. The number of aromatic nitrogens is 1. The monoisotopic (exact) mass is 440 g/mol. The molecule has 0 radical (unpaired) electrons. The number of thiazole rings is 1. The van der Waals surface area contributed by atoms with E-state index in [1.807, 2.05) is 24.3 Å². The Morgan fingerprint density at radius 3 is 2.71 bits per heavy atom. The molecule has 0 bridgehead atoms. The quantitative estimate of drug-likeness (QED) is 0.343. The fourth-order valence-corrected chi connectivity index (χ4v) is 3.91. The molecule has 0 atom stereocenters. The van der Waals surface area contributed by atoms with Crippen molar-refractivity contribution in [3.63, 3.8) is 0 Å². The summed E-state index contributed by atoms with van der Waals surface area (Å²) < 4.78 is 16.7. The second kappa shape index (κ2) is 9.67. The number of ketones is 1. The van der Waals surface area contributed by atoms with Crippen molar-refractivity contribution in [2.24, 2.45) is 0 Å². The predicted octanol–water partition coefficient (Wildman–Crippen LogP) is 3.46. The van der Waals surface area contributed by atoms with Crippen LogP contribution in [-0.2, 0) is 0 Å². The smallest absolute Gasteiger partial charge is 0.206 e. The van der Waals surface area contributed by atoms with E-state index in [4.69, 9.17) is 19.9 Å². The van der Waals surface area contributed by atoms with Gasteiger partial charge in [-0.25, -0.2) is 4.98 Å². The lowest BCUT2D eigenvalue weighted by Gasteiger charge is -2.18. The highest BCUT2D eigenvalue weighted by Gasteiger charge is 2.21. The van der Waals surface area contributed by atoms with Crippen LogP contribution in [0.5, 0.6) is 17.2 Å². The summed E-state index contributed by atoms with van der Waals surface area (Å²) in [5.74, 6) is 1.97. The Balaban J connectivity index is 1.42. The van der Waals surface area contributed by atoms with Gasteiger partial charge in [0, 0.05) is 17.8 Å². The summed E-state index contributed by atoms with van der Waals surface area (Å²) in [6.45, 7) is 5.34. The normalized spacial score (nSPS) is 12.4. The number of hydrogen-bond donors (Lipinski definition) is 3. The van der Waals surface area contributed by atoms with Gasteiger partial charge >= 0.3 is 0 Å². The molecule has 1 aliphatic heterocycles. The third-order valence-electron chi connectivity index (χ3n) is 4.57. The summed E-state index contributed by atoms with van der Waals surface area (Å²) in [6, 6.07) is 12.7. The number of fused-ring (bicyclic) bond motifs is 1.